The molecule has 0 amide bonds. The first-order valence-corrected chi connectivity index (χ1v) is 3.93. The van der Waals surface area contributed by atoms with Gasteiger partial charge < -0.3 is 5.32 Å². The second kappa shape index (κ2) is 3.58. The molecule has 2 atom stereocenters. The first kappa shape index (κ1) is 7.56. The quantitative estimate of drug-likeness (QED) is 0.592. The lowest BCUT2D eigenvalue weighted by Crippen LogP contribution is -2.36. The lowest BCUT2D eigenvalue weighted by molar-refractivity contribution is 0.327. The molecule has 1 aliphatic rings. The van der Waals surface area contributed by atoms with Gasteiger partial charge in [0.1, 0.15) is 0 Å². The third kappa shape index (κ3) is 2.00. The van der Waals surface area contributed by atoms with E-state index in [4.69, 9.17) is 5.26 Å². The minimum Gasteiger partial charge on any atom is -0.314 e. The van der Waals surface area contributed by atoms with E-state index in [0.29, 0.717) is 12.0 Å². The zero-order valence-corrected chi connectivity index (χ0v) is 6.43. The van der Waals surface area contributed by atoms with Crippen LogP contribution in [-0.4, -0.2) is 12.6 Å². The topological polar surface area (TPSA) is 35.8 Å². The van der Waals surface area contributed by atoms with Gasteiger partial charge in [-0.3, -0.25) is 0 Å². The van der Waals surface area contributed by atoms with Crippen molar-refractivity contribution in [3.63, 3.8) is 0 Å². The van der Waals surface area contributed by atoms with Crippen LogP contribution in [0.5, 0.6) is 0 Å². The molecule has 0 aromatic rings. The van der Waals surface area contributed by atoms with Crippen molar-refractivity contribution in [3.8, 4) is 6.07 Å². The van der Waals surface area contributed by atoms with Gasteiger partial charge in [-0.05, 0) is 32.2 Å². The van der Waals surface area contributed by atoms with Crippen molar-refractivity contribution >= 4 is 0 Å². The molecule has 0 saturated carbocycles. The average molecular weight is 138 g/mol. The van der Waals surface area contributed by atoms with Crippen molar-refractivity contribution in [2.24, 2.45) is 5.92 Å². The summed E-state index contributed by atoms with van der Waals surface area (Å²) in [5.74, 6) is 0.612. The number of hydrogen-bond acceptors (Lipinski definition) is 2. The Morgan fingerprint density at radius 3 is 2.90 bits per heavy atom. The highest BCUT2D eigenvalue weighted by Crippen LogP contribution is 2.16. The fourth-order valence-corrected chi connectivity index (χ4v) is 1.36. The molecule has 1 unspecified atom stereocenters. The number of nitrogens with one attached hydrogen (secondary N) is 1. The minimum atomic E-state index is 0.612. The Morgan fingerprint density at radius 1 is 1.60 bits per heavy atom. The highest BCUT2D eigenvalue weighted by atomic mass is 14.9. The summed E-state index contributed by atoms with van der Waals surface area (Å²) >= 11 is 0. The molecule has 1 heterocycles. The average Bonchev–Trinajstić information content (AvgIpc) is 1.95. The van der Waals surface area contributed by atoms with Crippen LogP contribution in [0, 0.1) is 17.2 Å². The van der Waals surface area contributed by atoms with Gasteiger partial charge in [-0.25, -0.2) is 0 Å². The van der Waals surface area contributed by atoms with Crippen LogP contribution in [0.1, 0.15) is 26.2 Å². The number of hydrogen-bond donors (Lipinski definition) is 1. The summed E-state index contributed by atoms with van der Waals surface area (Å²) in [7, 11) is 0. The van der Waals surface area contributed by atoms with Crippen molar-refractivity contribution in [2.75, 3.05) is 6.54 Å². The molecule has 0 bridgehead atoms. The fraction of sp³-hybridized carbons (Fsp3) is 0.875. The molecular weight excluding hydrogens is 124 g/mol. The number of nitriles is 1. The van der Waals surface area contributed by atoms with Gasteiger partial charge in [-0.15, -0.1) is 0 Å². The van der Waals surface area contributed by atoms with Gasteiger partial charge in [0.15, 0.2) is 0 Å². The Morgan fingerprint density at radius 2 is 2.40 bits per heavy atom. The summed E-state index contributed by atoms with van der Waals surface area (Å²) in [6.07, 6.45) is 3.17. The van der Waals surface area contributed by atoms with E-state index < -0.39 is 0 Å². The molecule has 2 heteroatoms. The lowest BCUT2D eigenvalue weighted by Gasteiger charge is -2.25. The van der Waals surface area contributed by atoms with E-state index in [1.165, 1.54) is 12.8 Å². The maximum Gasteiger partial charge on any atom is 0.0625 e. The predicted octanol–water partition coefficient (Wildman–Crippen LogP) is 1.29. The van der Waals surface area contributed by atoms with Crippen LogP contribution in [-0.2, 0) is 0 Å². The van der Waals surface area contributed by atoms with Crippen LogP contribution in [0.3, 0.4) is 0 Å². The van der Waals surface area contributed by atoms with Gasteiger partial charge in [-0.2, -0.15) is 5.26 Å². The largest absolute Gasteiger partial charge is 0.314 e. The van der Waals surface area contributed by atoms with Crippen LogP contribution in [0.25, 0.3) is 0 Å². The monoisotopic (exact) mass is 138 g/mol. The third-order valence-corrected chi connectivity index (χ3v) is 2.14. The van der Waals surface area contributed by atoms with Crippen molar-refractivity contribution in [1.82, 2.24) is 5.32 Å². The number of rotatable bonds is 1. The Bertz CT molecular complexity index is 129. The molecule has 1 rings (SSSR count). The molecule has 0 aliphatic carbocycles. The summed E-state index contributed by atoms with van der Waals surface area (Å²) in [5.41, 5.74) is 0. The summed E-state index contributed by atoms with van der Waals surface area (Å²) in [6, 6.07) is 2.87. The molecular formula is C8H14N2. The maximum atomic E-state index is 8.41. The standard InChI is InChI=1S/C8H14N2/c1-7-2-3-8(4-5-9)6-10-7/h7-8,10H,2-4,6H2,1H3/t7?,8-/m0/s1. The Kier molecular flexibility index (Phi) is 2.70. The summed E-state index contributed by atoms with van der Waals surface area (Å²) in [4.78, 5) is 0. The van der Waals surface area contributed by atoms with E-state index in [1.54, 1.807) is 0 Å². The van der Waals surface area contributed by atoms with Crippen molar-refractivity contribution in [2.45, 2.75) is 32.2 Å². The molecule has 10 heavy (non-hydrogen) atoms. The van der Waals surface area contributed by atoms with Gasteiger partial charge in [0, 0.05) is 12.5 Å². The van der Waals surface area contributed by atoms with Gasteiger partial charge in [0.05, 0.1) is 6.07 Å². The van der Waals surface area contributed by atoms with Crippen LogP contribution in [0.4, 0.5) is 0 Å². The SMILES string of the molecule is CC1CC[C@@H](CC#N)CN1. The lowest BCUT2D eigenvalue weighted by atomic mass is 9.93. The molecule has 1 N–H and O–H groups in total. The Labute approximate surface area is 62.2 Å². The van der Waals surface area contributed by atoms with Gasteiger partial charge in [0.25, 0.3) is 0 Å². The smallest absolute Gasteiger partial charge is 0.0625 e. The summed E-state index contributed by atoms with van der Waals surface area (Å²) in [6.45, 7) is 3.23. The second-order valence-electron chi connectivity index (χ2n) is 3.11. The van der Waals surface area contributed by atoms with Gasteiger partial charge in [0.2, 0.25) is 0 Å². The Hall–Kier alpha value is -0.550. The van der Waals surface area contributed by atoms with E-state index in [-0.39, 0.29) is 0 Å². The van der Waals surface area contributed by atoms with E-state index in [1.807, 2.05) is 0 Å². The van der Waals surface area contributed by atoms with E-state index in [9.17, 15) is 0 Å². The molecule has 0 aromatic carbocycles. The normalized spacial score (nSPS) is 33.2. The van der Waals surface area contributed by atoms with E-state index in [0.717, 1.165) is 13.0 Å². The third-order valence-electron chi connectivity index (χ3n) is 2.14. The van der Waals surface area contributed by atoms with Crippen LogP contribution < -0.4 is 5.32 Å². The number of nitrogens with zero attached hydrogens (tertiary/aromatic N) is 1. The molecule has 56 valence electrons. The zero-order chi connectivity index (χ0) is 7.40. The van der Waals surface area contributed by atoms with E-state index in [2.05, 4.69) is 18.3 Å². The second-order valence-corrected chi connectivity index (χ2v) is 3.11. The molecule has 0 aromatic heterocycles. The molecule has 1 aliphatic heterocycles. The molecule has 1 saturated heterocycles. The van der Waals surface area contributed by atoms with Crippen LogP contribution in [0.15, 0.2) is 0 Å². The Balaban J connectivity index is 2.21. The van der Waals surface area contributed by atoms with Crippen molar-refractivity contribution in [1.29, 1.82) is 5.26 Å². The highest BCUT2D eigenvalue weighted by molar-refractivity contribution is 4.82. The van der Waals surface area contributed by atoms with Crippen molar-refractivity contribution in [3.05, 3.63) is 0 Å². The first-order chi connectivity index (χ1) is 4.83. The van der Waals surface area contributed by atoms with Gasteiger partial charge in [-0.1, -0.05) is 0 Å². The maximum absolute atomic E-state index is 8.41. The zero-order valence-electron chi connectivity index (χ0n) is 6.43. The highest BCUT2D eigenvalue weighted by Gasteiger charge is 2.16. The molecule has 0 radical (unpaired) electrons. The number of piperidine rings is 1. The fourth-order valence-electron chi connectivity index (χ4n) is 1.36. The van der Waals surface area contributed by atoms with Gasteiger partial charge >= 0.3 is 0 Å². The molecule has 0 spiro atoms. The van der Waals surface area contributed by atoms with Crippen molar-refractivity contribution < 1.29 is 0 Å². The van der Waals surface area contributed by atoms with Crippen LogP contribution >= 0.6 is 0 Å². The summed E-state index contributed by atoms with van der Waals surface area (Å²) < 4.78 is 0. The minimum absolute atomic E-state index is 0.612. The summed E-state index contributed by atoms with van der Waals surface area (Å²) in [5, 5.41) is 11.8. The molecule has 2 nitrogen and oxygen atoms in total. The first-order valence-electron chi connectivity index (χ1n) is 3.93. The van der Waals surface area contributed by atoms with E-state index >= 15 is 0 Å². The van der Waals surface area contributed by atoms with Crippen LogP contribution in [0.2, 0.25) is 0 Å². The molecule has 1 fully saturated rings. The predicted molar refractivity (Wildman–Crippen MR) is 40.4 cm³/mol.